The van der Waals surface area contributed by atoms with E-state index >= 15 is 0 Å². The summed E-state index contributed by atoms with van der Waals surface area (Å²) in [6.45, 7) is 1.33. The van der Waals surface area contributed by atoms with Gasteiger partial charge in [-0.2, -0.15) is 4.99 Å². The van der Waals surface area contributed by atoms with Crippen molar-refractivity contribution in [3.8, 4) is 11.1 Å². The Morgan fingerprint density at radius 2 is 1.96 bits per heavy atom. The molecule has 118 valence electrons. The topological polar surface area (TPSA) is 47.9 Å². The van der Waals surface area contributed by atoms with Crippen LogP contribution in [0.2, 0.25) is 0 Å². The Hall–Kier alpha value is -2.26. The number of aliphatic imine (C=N–C) groups is 1. The summed E-state index contributed by atoms with van der Waals surface area (Å²) in [5.41, 5.74) is 3.65. The summed E-state index contributed by atoms with van der Waals surface area (Å²) in [7, 11) is 0. The van der Waals surface area contributed by atoms with E-state index in [0.717, 1.165) is 42.6 Å². The minimum atomic E-state index is -0.0777. The molecule has 1 aliphatic rings. The first-order chi connectivity index (χ1) is 11.4. The van der Waals surface area contributed by atoms with Gasteiger partial charge >= 0.3 is 0 Å². The van der Waals surface area contributed by atoms with Crippen LogP contribution in [0.5, 0.6) is 0 Å². The fourth-order valence-corrected chi connectivity index (χ4v) is 2.68. The van der Waals surface area contributed by atoms with Gasteiger partial charge in [-0.1, -0.05) is 42.5 Å². The number of para-hydroxylation sites is 1. The molecular weight excluding hydrogens is 290 g/mol. The number of nitrogens with zero attached hydrogens (tertiary/aromatic N) is 1. The Morgan fingerprint density at radius 1 is 1.13 bits per heavy atom. The number of hydrogen-bond donors (Lipinski definition) is 0. The molecule has 1 fully saturated rings. The van der Waals surface area contributed by atoms with Gasteiger partial charge in [0.25, 0.3) is 0 Å². The first kappa shape index (κ1) is 15.6. The molecule has 0 aromatic heterocycles. The molecule has 1 aliphatic heterocycles. The zero-order chi connectivity index (χ0) is 15.9. The normalized spacial score (nSPS) is 17.5. The summed E-state index contributed by atoms with van der Waals surface area (Å²) in [5, 5.41) is 0. The Labute approximate surface area is 135 Å². The fraction of sp³-hybridized carbons (Fsp3) is 0.316. The fourth-order valence-electron chi connectivity index (χ4n) is 2.68. The predicted octanol–water partition coefficient (Wildman–Crippen LogP) is 4.36. The van der Waals surface area contributed by atoms with E-state index in [2.05, 4.69) is 4.99 Å². The Morgan fingerprint density at radius 3 is 2.70 bits per heavy atom. The highest BCUT2D eigenvalue weighted by Crippen LogP contribution is 2.30. The van der Waals surface area contributed by atoms with E-state index in [1.165, 1.54) is 0 Å². The molecule has 1 saturated heterocycles. The van der Waals surface area contributed by atoms with Crippen LogP contribution in [-0.4, -0.2) is 19.0 Å². The maximum atomic E-state index is 10.5. The van der Waals surface area contributed by atoms with Crippen molar-refractivity contribution in [3.05, 3.63) is 54.1 Å². The van der Waals surface area contributed by atoms with Crippen molar-refractivity contribution in [2.45, 2.75) is 32.2 Å². The standard InChI is InChI=1S/C19H19NO3/c21-14-20-18-6-2-1-5-17(18)16-10-8-15(9-11-16)13-23-19-7-3-4-12-22-19/h1-2,5-6,8-11,19H,3-4,7,12-13H2. The minimum absolute atomic E-state index is 0.0777. The Bertz CT molecular complexity index is 684. The van der Waals surface area contributed by atoms with Gasteiger partial charge in [-0.05, 0) is 36.5 Å². The van der Waals surface area contributed by atoms with Crippen LogP contribution in [0.25, 0.3) is 11.1 Å². The quantitative estimate of drug-likeness (QED) is 0.609. The van der Waals surface area contributed by atoms with Crippen LogP contribution in [0, 0.1) is 0 Å². The molecule has 4 nitrogen and oxygen atoms in total. The maximum absolute atomic E-state index is 10.5. The monoisotopic (exact) mass is 309 g/mol. The third kappa shape index (κ3) is 4.14. The summed E-state index contributed by atoms with van der Waals surface area (Å²) in [4.78, 5) is 14.3. The largest absolute Gasteiger partial charge is 0.353 e. The number of carbonyl (C=O) groups excluding carboxylic acids is 1. The highest BCUT2D eigenvalue weighted by Gasteiger charge is 2.14. The van der Waals surface area contributed by atoms with Crippen molar-refractivity contribution in [1.82, 2.24) is 0 Å². The molecule has 1 atom stereocenters. The summed E-state index contributed by atoms with van der Waals surface area (Å²) in [6, 6.07) is 15.6. The van der Waals surface area contributed by atoms with Crippen LogP contribution in [0.3, 0.4) is 0 Å². The molecule has 2 aromatic rings. The highest BCUT2D eigenvalue weighted by molar-refractivity contribution is 5.77. The molecule has 1 heterocycles. The molecule has 0 N–H and O–H groups in total. The molecule has 0 radical (unpaired) electrons. The second-order valence-electron chi connectivity index (χ2n) is 5.52. The van der Waals surface area contributed by atoms with Gasteiger partial charge in [0, 0.05) is 12.2 Å². The molecule has 4 heteroatoms. The third-order valence-electron chi connectivity index (χ3n) is 3.91. The SMILES string of the molecule is O=C=Nc1ccccc1-c1ccc(COC2CCCCO2)cc1. The van der Waals surface area contributed by atoms with Gasteiger partial charge in [-0.25, -0.2) is 4.79 Å². The first-order valence-electron chi connectivity index (χ1n) is 7.86. The zero-order valence-corrected chi connectivity index (χ0v) is 12.9. The van der Waals surface area contributed by atoms with Gasteiger partial charge in [0.15, 0.2) is 6.29 Å². The minimum Gasteiger partial charge on any atom is -0.353 e. The molecule has 1 unspecified atom stereocenters. The number of hydrogen-bond acceptors (Lipinski definition) is 4. The molecule has 0 saturated carbocycles. The van der Waals surface area contributed by atoms with Crippen LogP contribution in [0.4, 0.5) is 5.69 Å². The maximum Gasteiger partial charge on any atom is 0.240 e. The van der Waals surface area contributed by atoms with Crippen molar-refractivity contribution in [2.75, 3.05) is 6.61 Å². The van der Waals surface area contributed by atoms with Crippen LogP contribution >= 0.6 is 0 Å². The third-order valence-corrected chi connectivity index (χ3v) is 3.91. The van der Waals surface area contributed by atoms with Gasteiger partial charge in [0.1, 0.15) is 0 Å². The second kappa shape index (κ2) is 7.84. The molecular formula is C19H19NO3. The number of isocyanates is 1. The van der Waals surface area contributed by atoms with Crippen molar-refractivity contribution >= 4 is 11.8 Å². The average Bonchev–Trinajstić information content (AvgIpc) is 2.62. The van der Waals surface area contributed by atoms with Gasteiger partial charge in [0.05, 0.1) is 12.3 Å². The lowest BCUT2D eigenvalue weighted by Gasteiger charge is -2.22. The van der Waals surface area contributed by atoms with E-state index in [9.17, 15) is 4.79 Å². The molecule has 23 heavy (non-hydrogen) atoms. The van der Waals surface area contributed by atoms with Crippen molar-refractivity contribution < 1.29 is 14.3 Å². The van der Waals surface area contributed by atoms with Crippen molar-refractivity contribution in [2.24, 2.45) is 4.99 Å². The summed E-state index contributed by atoms with van der Waals surface area (Å²) in [5.74, 6) is 0. The van der Waals surface area contributed by atoms with Gasteiger partial charge in [-0.15, -0.1) is 0 Å². The molecule has 2 aromatic carbocycles. The van der Waals surface area contributed by atoms with Gasteiger partial charge in [-0.3, -0.25) is 0 Å². The molecule has 0 aliphatic carbocycles. The van der Waals surface area contributed by atoms with Crippen molar-refractivity contribution in [1.29, 1.82) is 0 Å². The lowest BCUT2D eigenvalue weighted by Crippen LogP contribution is -2.21. The highest BCUT2D eigenvalue weighted by atomic mass is 16.7. The average molecular weight is 309 g/mol. The van der Waals surface area contributed by atoms with E-state index in [4.69, 9.17) is 9.47 Å². The lowest BCUT2D eigenvalue weighted by atomic mass is 10.0. The lowest BCUT2D eigenvalue weighted by molar-refractivity contribution is -0.168. The first-order valence-corrected chi connectivity index (χ1v) is 7.86. The number of ether oxygens (including phenoxy) is 2. The number of rotatable bonds is 5. The Balaban J connectivity index is 1.68. The van der Waals surface area contributed by atoms with Gasteiger partial charge in [0.2, 0.25) is 6.08 Å². The molecule has 0 amide bonds. The van der Waals surface area contributed by atoms with E-state index in [0.29, 0.717) is 12.3 Å². The van der Waals surface area contributed by atoms with E-state index < -0.39 is 0 Å². The summed E-state index contributed by atoms with van der Waals surface area (Å²) < 4.78 is 11.3. The van der Waals surface area contributed by atoms with Gasteiger partial charge < -0.3 is 9.47 Å². The zero-order valence-electron chi connectivity index (χ0n) is 12.9. The van der Waals surface area contributed by atoms with Crippen LogP contribution in [0.1, 0.15) is 24.8 Å². The molecule has 3 rings (SSSR count). The second-order valence-corrected chi connectivity index (χ2v) is 5.52. The van der Waals surface area contributed by atoms with Crippen LogP contribution in [0.15, 0.2) is 53.5 Å². The van der Waals surface area contributed by atoms with E-state index in [1.54, 1.807) is 12.1 Å². The molecule has 0 bridgehead atoms. The van der Waals surface area contributed by atoms with Crippen LogP contribution < -0.4 is 0 Å². The van der Waals surface area contributed by atoms with Crippen LogP contribution in [-0.2, 0) is 20.9 Å². The smallest absolute Gasteiger partial charge is 0.240 e. The predicted molar refractivity (Wildman–Crippen MR) is 88.0 cm³/mol. The molecule has 0 spiro atoms. The Kier molecular flexibility index (Phi) is 5.33. The van der Waals surface area contributed by atoms with Crippen molar-refractivity contribution in [3.63, 3.8) is 0 Å². The summed E-state index contributed by atoms with van der Waals surface area (Å²) in [6.07, 6.45) is 4.78. The van der Waals surface area contributed by atoms with E-state index in [1.807, 2.05) is 42.5 Å². The number of benzene rings is 2. The van der Waals surface area contributed by atoms with E-state index in [-0.39, 0.29) is 6.29 Å². The summed E-state index contributed by atoms with van der Waals surface area (Å²) >= 11 is 0.